The van der Waals surface area contributed by atoms with Crippen LogP contribution >= 0.6 is 0 Å². The number of hydrogen-bond acceptors (Lipinski definition) is 3. The van der Waals surface area contributed by atoms with E-state index in [1.54, 1.807) is 7.11 Å². The van der Waals surface area contributed by atoms with Gasteiger partial charge in [0, 0.05) is 31.9 Å². The fraction of sp³-hybridized carbons (Fsp3) is 0.444. The highest BCUT2D eigenvalue weighted by molar-refractivity contribution is 5.38. The van der Waals surface area contributed by atoms with Gasteiger partial charge in [0.2, 0.25) is 0 Å². The van der Waals surface area contributed by atoms with Gasteiger partial charge >= 0.3 is 0 Å². The van der Waals surface area contributed by atoms with Crippen LogP contribution in [0.25, 0.3) is 0 Å². The molecule has 0 radical (unpaired) electrons. The minimum absolute atomic E-state index is 0.0419. The Morgan fingerprint density at radius 2 is 1.52 bits per heavy atom. The molecule has 0 atom stereocenters. The number of hydrogen-bond donors (Lipinski definition) is 0. The first-order chi connectivity index (χ1) is 9.91. The Balaban J connectivity index is 2.51. The molecule has 0 saturated carbocycles. The summed E-state index contributed by atoms with van der Waals surface area (Å²) in [6.45, 7) is 9.70. The standard InChI is InChI=1S/C18H24N2O/c1-17(2,15-6-9-19-10-7-15)18(3,4)16-8-11-20-12-14(16)13-21-5/h6-12H,13H2,1-5H3. The van der Waals surface area contributed by atoms with Crippen LogP contribution in [-0.4, -0.2) is 17.1 Å². The second-order valence-electron chi connectivity index (χ2n) is 6.45. The van der Waals surface area contributed by atoms with Gasteiger partial charge in [-0.15, -0.1) is 0 Å². The molecule has 0 unspecified atom stereocenters. The number of ether oxygens (including phenoxy) is 1. The molecule has 0 aromatic carbocycles. The Kier molecular flexibility index (Phi) is 4.43. The minimum atomic E-state index is -0.0643. The van der Waals surface area contributed by atoms with Crippen molar-refractivity contribution in [3.63, 3.8) is 0 Å². The summed E-state index contributed by atoms with van der Waals surface area (Å²) in [5.74, 6) is 0. The van der Waals surface area contributed by atoms with E-state index in [-0.39, 0.29) is 10.8 Å². The van der Waals surface area contributed by atoms with E-state index in [0.717, 1.165) is 5.56 Å². The topological polar surface area (TPSA) is 35.0 Å². The molecule has 0 aliphatic heterocycles. The van der Waals surface area contributed by atoms with Crippen molar-refractivity contribution in [2.24, 2.45) is 0 Å². The summed E-state index contributed by atoms with van der Waals surface area (Å²) >= 11 is 0. The molecule has 0 N–H and O–H groups in total. The molecule has 3 heteroatoms. The van der Waals surface area contributed by atoms with Crippen molar-refractivity contribution in [3.8, 4) is 0 Å². The van der Waals surface area contributed by atoms with Crippen LogP contribution in [0, 0.1) is 0 Å². The summed E-state index contributed by atoms with van der Waals surface area (Å²) in [6, 6.07) is 6.30. The van der Waals surface area contributed by atoms with E-state index >= 15 is 0 Å². The van der Waals surface area contributed by atoms with Crippen molar-refractivity contribution in [1.82, 2.24) is 9.97 Å². The zero-order valence-electron chi connectivity index (χ0n) is 13.6. The van der Waals surface area contributed by atoms with Crippen molar-refractivity contribution in [3.05, 3.63) is 59.7 Å². The van der Waals surface area contributed by atoms with Gasteiger partial charge < -0.3 is 4.74 Å². The van der Waals surface area contributed by atoms with Crippen LogP contribution in [0.4, 0.5) is 0 Å². The fourth-order valence-electron chi connectivity index (χ4n) is 2.77. The second kappa shape index (κ2) is 5.94. The van der Waals surface area contributed by atoms with Crippen molar-refractivity contribution in [1.29, 1.82) is 0 Å². The van der Waals surface area contributed by atoms with Crippen molar-refractivity contribution in [2.75, 3.05) is 7.11 Å². The van der Waals surface area contributed by atoms with Crippen LogP contribution in [0.3, 0.4) is 0 Å². The van der Waals surface area contributed by atoms with E-state index in [1.165, 1.54) is 11.1 Å². The molecular formula is C18H24N2O. The van der Waals surface area contributed by atoms with E-state index in [9.17, 15) is 0 Å². The quantitative estimate of drug-likeness (QED) is 0.835. The highest BCUT2D eigenvalue weighted by Gasteiger charge is 2.40. The van der Waals surface area contributed by atoms with Gasteiger partial charge in [0.15, 0.2) is 0 Å². The molecule has 2 aromatic rings. The zero-order chi connectivity index (χ0) is 15.5. The van der Waals surface area contributed by atoms with Gasteiger partial charge in [0.05, 0.1) is 6.61 Å². The lowest BCUT2D eigenvalue weighted by Gasteiger charge is -2.43. The molecule has 0 saturated heterocycles. The maximum Gasteiger partial charge on any atom is 0.0730 e. The summed E-state index contributed by atoms with van der Waals surface area (Å²) in [4.78, 5) is 8.37. The first-order valence-electron chi connectivity index (χ1n) is 7.24. The lowest BCUT2D eigenvalue weighted by atomic mass is 9.60. The third kappa shape index (κ3) is 2.84. The minimum Gasteiger partial charge on any atom is -0.380 e. The highest BCUT2D eigenvalue weighted by Crippen LogP contribution is 2.44. The molecule has 0 aliphatic carbocycles. The van der Waals surface area contributed by atoms with Gasteiger partial charge in [-0.05, 0) is 45.7 Å². The summed E-state index contributed by atoms with van der Waals surface area (Å²) in [7, 11) is 1.72. The average molecular weight is 284 g/mol. The van der Waals surface area contributed by atoms with Gasteiger partial charge in [0.1, 0.15) is 0 Å². The van der Waals surface area contributed by atoms with Gasteiger partial charge in [-0.25, -0.2) is 0 Å². The number of pyridine rings is 2. The molecule has 0 aliphatic rings. The number of aromatic nitrogens is 2. The molecule has 2 heterocycles. The molecule has 2 aromatic heterocycles. The molecule has 3 nitrogen and oxygen atoms in total. The Morgan fingerprint density at radius 3 is 2.14 bits per heavy atom. The summed E-state index contributed by atoms with van der Waals surface area (Å²) < 4.78 is 5.33. The highest BCUT2D eigenvalue weighted by atomic mass is 16.5. The average Bonchev–Trinajstić information content (AvgIpc) is 2.49. The van der Waals surface area contributed by atoms with Gasteiger partial charge in [-0.1, -0.05) is 27.7 Å². The zero-order valence-corrected chi connectivity index (χ0v) is 13.6. The monoisotopic (exact) mass is 284 g/mol. The number of nitrogens with zero attached hydrogens (tertiary/aromatic N) is 2. The van der Waals surface area contributed by atoms with Crippen LogP contribution < -0.4 is 0 Å². The first-order valence-corrected chi connectivity index (χ1v) is 7.24. The van der Waals surface area contributed by atoms with Gasteiger partial charge in [-0.3, -0.25) is 9.97 Å². The molecule has 2 rings (SSSR count). The molecule has 0 amide bonds. The van der Waals surface area contributed by atoms with E-state index in [1.807, 2.05) is 24.8 Å². The normalized spacial score (nSPS) is 12.4. The molecule has 0 fully saturated rings. The van der Waals surface area contributed by atoms with Crippen molar-refractivity contribution < 1.29 is 4.74 Å². The van der Waals surface area contributed by atoms with Crippen LogP contribution in [0.1, 0.15) is 44.4 Å². The summed E-state index contributed by atoms with van der Waals surface area (Å²) in [6.07, 6.45) is 7.48. The van der Waals surface area contributed by atoms with Gasteiger partial charge in [0.25, 0.3) is 0 Å². The molecule has 112 valence electrons. The smallest absolute Gasteiger partial charge is 0.0730 e. The third-order valence-corrected chi connectivity index (χ3v) is 4.84. The molecule has 21 heavy (non-hydrogen) atoms. The third-order valence-electron chi connectivity index (χ3n) is 4.84. The summed E-state index contributed by atoms with van der Waals surface area (Å²) in [5, 5.41) is 0. The molecule has 0 bridgehead atoms. The maximum absolute atomic E-state index is 5.33. The first kappa shape index (κ1) is 15.6. The molecular weight excluding hydrogens is 260 g/mol. The van der Waals surface area contributed by atoms with E-state index in [4.69, 9.17) is 4.74 Å². The van der Waals surface area contributed by atoms with E-state index in [2.05, 4.69) is 55.9 Å². The number of rotatable bonds is 5. The van der Waals surface area contributed by atoms with E-state index in [0.29, 0.717) is 6.61 Å². The lowest BCUT2D eigenvalue weighted by molar-refractivity contribution is 0.180. The van der Waals surface area contributed by atoms with E-state index < -0.39 is 0 Å². The summed E-state index contributed by atoms with van der Waals surface area (Å²) in [5.41, 5.74) is 3.60. The predicted molar refractivity (Wildman–Crippen MR) is 85.2 cm³/mol. The van der Waals surface area contributed by atoms with Crippen molar-refractivity contribution >= 4 is 0 Å². The SMILES string of the molecule is COCc1cnccc1C(C)(C)C(C)(C)c1ccncc1. The number of methoxy groups -OCH3 is 1. The Hall–Kier alpha value is -1.74. The second-order valence-corrected chi connectivity index (χ2v) is 6.45. The van der Waals surface area contributed by atoms with Crippen LogP contribution in [0.2, 0.25) is 0 Å². The van der Waals surface area contributed by atoms with Crippen LogP contribution in [-0.2, 0) is 22.2 Å². The lowest BCUT2D eigenvalue weighted by Crippen LogP contribution is -2.41. The van der Waals surface area contributed by atoms with Crippen LogP contribution in [0.5, 0.6) is 0 Å². The largest absolute Gasteiger partial charge is 0.380 e. The Labute approximate surface area is 127 Å². The Morgan fingerprint density at radius 1 is 0.905 bits per heavy atom. The molecule has 0 spiro atoms. The fourth-order valence-corrected chi connectivity index (χ4v) is 2.77. The van der Waals surface area contributed by atoms with Crippen molar-refractivity contribution in [2.45, 2.75) is 45.1 Å². The van der Waals surface area contributed by atoms with Crippen LogP contribution in [0.15, 0.2) is 43.0 Å². The predicted octanol–water partition coefficient (Wildman–Crippen LogP) is 3.88. The Bertz CT molecular complexity index is 591. The van der Waals surface area contributed by atoms with Gasteiger partial charge in [-0.2, -0.15) is 0 Å². The maximum atomic E-state index is 5.33.